The smallest absolute Gasteiger partial charge is 0.415 e. The van der Waals surface area contributed by atoms with Crippen LogP contribution in [0.1, 0.15) is 135 Å². The topological polar surface area (TPSA) is 272 Å². The van der Waals surface area contributed by atoms with Gasteiger partial charge in [-0.2, -0.15) is 5.10 Å². The molecule has 2 saturated heterocycles. The maximum Gasteiger partial charge on any atom is 0.415 e. The van der Waals surface area contributed by atoms with Crippen molar-refractivity contribution in [3.8, 4) is 11.5 Å². The number of furan rings is 1. The number of amides is 6. The van der Waals surface area contributed by atoms with E-state index in [2.05, 4.69) is 10.1 Å². The SMILES string of the molecule is COC(=O)c1c(C)[nH]c2c1C1C(CCl)CN(C(=O)c3cc4cc(OC)ccc4o3)C1C=C2OC(=O)N(C)CCN(C)C(=O)C(C)(C)C(=O)N(C)/N=C(\C)c1ccc(OCCCC(=O)CCC(=O)CCCN2C(=O)CC(SCCCC(C)=N)C2=O)cc1. The van der Waals surface area contributed by atoms with Gasteiger partial charge in [-0.3, -0.25) is 38.5 Å². The Morgan fingerprint density at radius 2 is 1.55 bits per heavy atom. The van der Waals surface area contributed by atoms with E-state index in [1.807, 2.05) is 0 Å². The van der Waals surface area contributed by atoms with Crippen molar-refractivity contribution in [3.05, 3.63) is 88.4 Å². The number of alkyl halides is 1. The Kier molecular flexibility index (Phi) is 22.2. The average molecular weight is 1230 g/mol. The van der Waals surface area contributed by atoms with E-state index < -0.39 is 52.4 Å². The number of rotatable bonds is 29. The van der Waals surface area contributed by atoms with Gasteiger partial charge in [0.25, 0.3) is 11.8 Å². The van der Waals surface area contributed by atoms with Crippen molar-refractivity contribution in [2.75, 3.05) is 79.8 Å². The number of hydrogen-bond acceptors (Lipinski definition) is 17. The van der Waals surface area contributed by atoms with Crippen LogP contribution >= 0.6 is 23.4 Å². The number of nitrogens with one attached hydrogen (secondary N) is 2. The maximum atomic E-state index is 14.3. The molecule has 4 heterocycles. The number of carbonyl (C=O) groups is 9. The van der Waals surface area contributed by atoms with Gasteiger partial charge in [-0.25, -0.2) is 14.6 Å². The van der Waals surface area contributed by atoms with Crippen LogP contribution in [0.25, 0.3) is 16.7 Å². The minimum absolute atomic E-state index is 0.00894. The summed E-state index contributed by atoms with van der Waals surface area (Å²) in [5, 5.41) is 13.4. The molecule has 4 atom stereocenters. The second-order valence-corrected chi connectivity index (χ2v) is 24.1. The largest absolute Gasteiger partial charge is 0.497 e. The number of methoxy groups -OCH3 is 2. The Hall–Kier alpha value is -7.79. The highest BCUT2D eigenvalue weighted by Gasteiger charge is 2.51. The number of carbonyl (C=O) groups excluding carboxylic acids is 9. The van der Waals surface area contributed by atoms with E-state index in [0.717, 1.165) is 11.4 Å². The van der Waals surface area contributed by atoms with E-state index >= 15 is 0 Å². The number of likely N-dealkylation sites (N-methyl/N-ethyl adjacent to an activating group) is 2. The quantitative estimate of drug-likeness (QED) is 0.00979. The molecule has 1 aliphatic carbocycles. The van der Waals surface area contributed by atoms with Crippen LogP contribution in [0.2, 0.25) is 0 Å². The molecule has 24 heteroatoms. The Balaban J connectivity index is 0.861. The Labute approximate surface area is 509 Å². The first-order valence-corrected chi connectivity index (χ1v) is 30.2. The first-order chi connectivity index (χ1) is 40.9. The van der Waals surface area contributed by atoms with Gasteiger partial charge in [0, 0.05) is 114 Å². The van der Waals surface area contributed by atoms with Crippen LogP contribution in [0.5, 0.6) is 11.5 Å². The third-order valence-corrected chi connectivity index (χ3v) is 17.4. The number of imide groups is 1. The van der Waals surface area contributed by atoms with Crippen LogP contribution < -0.4 is 9.47 Å². The fraction of sp³-hybridized carbons (Fsp3) is 0.500. The van der Waals surface area contributed by atoms with Gasteiger partial charge in [-0.15, -0.1) is 23.4 Å². The van der Waals surface area contributed by atoms with Gasteiger partial charge in [0.05, 0.1) is 49.1 Å². The second-order valence-electron chi connectivity index (χ2n) is 22.5. The number of thioether (sulfide) groups is 1. The highest BCUT2D eigenvalue weighted by atomic mass is 35.5. The number of halogens is 1. The molecule has 2 aromatic heterocycles. The van der Waals surface area contributed by atoms with Gasteiger partial charge in [0.1, 0.15) is 34.1 Å². The highest BCUT2D eigenvalue weighted by Crippen LogP contribution is 2.49. The standard InChI is InChI=1S/C62H77ClN8O14S/c1-36(64)14-13-29-86-50-33-51(74)70(57(50)76)25-11-15-42(72)19-20-43(73)16-12-28-83-44-21-17-39(18-22-44)37(2)66-69(8)60(79)62(4,5)59(78)67(6)26-27-68(7)61(80)85-48-32-46-53(54-52(58(77)82-10)38(3)65-55(48)54)41(34-63)35-71(46)56(75)49-31-40-30-45(81-9)23-24-47(40)84-49/h17-18,21-24,30-32,41,46,50,53,64-65H,11-16,19-20,25-29,33-35H2,1-10H3/b64-36?,66-37+. The fourth-order valence-electron chi connectivity index (χ4n) is 10.9. The zero-order chi connectivity index (χ0) is 62.7. The summed E-state index contributed by atoms with van der Waals surface area (Å²) in [6.45, 7) is 8.80. The first-order valence-electron chi connectivity index (χ1n) is 28.6. The molecule has 2 N–H and O–H groups in total. The average Bonchev–Trinajstić information content (AvgIpc) is 1.60. The predicted octanol–water partition coefficient (Wildman–Crippen LogP) is 8.66. The molecule has 22 nitrogen and oxygen atoms in total. The maximum absolute atomic E-state index is 14.3. The van der Waals surface area contributed by atoms with E-state index in [9.17, 15) is 43.2 Å². The minimum atomic E-state index is -1.57. The van der Waals surface area contributed by atoms with Crippen LogP contribution in [0.3, 0.4) is 0 Å². The lowest BCUT2D eigenvalue weighted by Gasteiger charge is -2.32. The number of aromatic amines is 1. The molecular weight excluding hydrogens is 1150 g/mol. The van der Waals surface area contributed by atoms with Crippen LogP contribution in [-0.4, -0.2) is 185 Å². The van der Waals surface area contributed by atoms with E-state index in [1.165, 1.54) is 68.6 Å². The molecule has 2 aliphatic heterocycles. The van der Waals surface area contributed by atoms with E-state index in [-0.39, 0.29) is 117 Å². The third kappa shape index (κ3) is 15.4. The van der Waals surface area contributed by atoms with Crippen molar-refractivity contribution >= 4 is 105 Å². The van der Waals surface area contributed by atoms with Gasteiger partial charge in [0.2, 0.25) is 17.7 Å². The van der Waals surface area contributed by atoms with Gasteiger partial charge < -0.3 is 48.5 Å². The molecule has 2 aromatic carbocycles. The summed E-state index contributed by atoms with van der Waals surface area (Å²) in [6, 6.07) is 13.1. The Bertz CT molecular complexity index is 3310. The van der Waals surface area contributed by atoms with E-state index in [1.54, 1.807) is 87.4 Å². The molecule has 3 aliphatic rings. The number of Topliss-reactive ketones (excluding diaryl/α,β-unsaturated/α-hetero) is 2. The zero-order valence-corrected chi connectivity index (χ0v) is 52.1. The number of esters is 1. The monoisotopic (exact) mass is 1220 g/mol. The number of ether oxygens (including phenoxy) is 4. The number of fused-ring (bicyclic) bond motifs is 4. The van der Waals surface area contributed by atoms with Crippen molar-refractivity contribution in [1.29, 1.82) is 5.41 Å². The lowest BCUT2D eigenvalue weighted by molar-refractivity contribution is -0.152. The van der Waals surface area contributed by atoms with Crippen molar-refractivity contribution in [3.63, 3.8) is 0 Å². The van der Waals surface area contributed by atoms with Crippen molar-refractivity contribution in [2.45, 2.75) is 110 Å². The number of ketones is 2. The summed E-state index contributed by atoms with van der Waals surface area (Å²) < 4.78 is 28.5. The Morgan fingerprint density at radius 1 is 0.872 bits per heavy atom. The van der Waals surface area contributed by atoms with Crippen LogP contribution in [-0.2, 0) is 38.2 Å². The number of nitrogens with zero attached hydrogens (tertiary/aromatic N) is 6. The third-order valence-electron chi connectivity index (χ3n) is 15.7. The number of H-pyrrole nitrogens is 1. The number of aryl methyl sites for hydroxylation is 1. The number of benzene rings is 2. The lowest BCUT2D eigenvalue weighted by atomic mass is 9.79. The zero-order valence-electron chi connectivity index (χ0n) is 50.5. The van der Waals surface area contributed by atoms with Crippen molar-refractivity contribution in [2.24, 2.45) is 16.4 Å². The molecule has 0 radical (unpaired) electrons. The molecule has 0 spiro atoms. The first kappa shape index (κ1) is 65.7. The van der Waals surface area contributed by atoms with E-state index in [4.69, 9.17) is 40.4 Å². The molecule has 462 valence electrons. The number of likely N-dealkylation sites (tertiary alicyclic amines) is 2. The van der Waals surface area contributed by atoms with Crippen LogP contribution in [0.4, 0.5) is 4.79 Å². The molecule has 2 fully saturated rings. The summed E-state index contributed by atoms with van der Waals surface area (Å²) in [6.07, 6.45) is 3.85. The minimum Gasteiger partial charge on any atom is -0.497 e. The highest BCUT2D eigenvalue weighted by molar-refractivity contribution is 8.00. The molecule has 0 bridgehead atoms. The van der Waals surface area contributed by atoms with Gasteiger partial charge >= 0.3 is 12.1 Å². The lowest BCUT2D eigenvalue weighted by Crippen LogP contribution is -2.49. The van der Waals surface area contributed by atoms with Gasteiger partial charge in [-0.1, -0.05) is 0 Å². The van der Waals surface area contributed by atoms with Crippen molar-refractivity contribution < 1.29 is 66.5 Å². The number of hydrogen-bond donors (Lipinski definition) is 2. The van der Waals surface area contributed by atoms with Crippen LogP contribution in [0, 0.1) is 23.7 Å². The molecular formula is C62H77ClN8O14S. The van der Waals surface area contributed by atoms with Gasteiger partial charge in [0.15, 0.2) is 11.5 Å². The fourth-order valence-corrected chi connectivity index (χ4v) is 12.4. The molecule has 7 rings (SSSR count). The van der Waals surface area contributed by atoms with E-state index in [0.29, 0.717) is 81.4 Å². The number of hydrazone groups is 1. The molecule has 86 heavy (non-hydrogen) atoms. The molecule has 6 amide bonds. The summed E-state index contributed by atoms with van der Waals surface area (Å²) in [5.41, 5.74) is 2.25. The van der Waals surface area contributed by atoms with Gasteiger partial charge in [-0.05, 0) is 132 Å². The summed E-state index contributed by atoms with van der Waals surface area (Å²) in [4.78, 5) is 128. The summed E-state index contributed by atoms with van der Waals surface area (Å²) in [7, 11) is 7.29. The normalized spacial score (nSPS) is 17.4. The van der Waals surface area contributed by atoms with Crippen LogP contribution in [0.15, 0.2) is 64.1 Å². The summed E-state index contributed by atoms with van der Waals surface area (Å²) in [5.74, 6) is -1.45. The Morgan fingerprint density at radius 3 is 2.21 bits per heavy atom. The predicted molar refractivity (Wildman–Crippen MR) is 325 cm³/mol. The molecule has 0 saturated carbocycles. The molecule has 4 aromatic rings. The summed E-state index contributed by atoms with van der Waals surface area (Å²) >= 11 is 8.04. The second kappa shape index (κ2) is 29.1. The molecule has 4 unspecified atom stereocenters. The number of aromatic nitrogens is 1. The van der Waals surface area contributed by atoms with Crippen molar-refractivity contribution in [1.82, 2.24) is 29.6 Å².